The maximum absolute atomic E-state index is 12.1. The van der Waals surface area contributed by atoms with E-state index in [0.717, 1.165) is 18.0 Å². The highest BCUT2D eigenvalue weighted by Gasteiger charge is 2.13. The third kappa shape index (κ3) is 3.87. The van der Waals surface area contributed by atoms with Crippen molar-refractivity contribution in [2.24, 2.45) is 7.05 Å². The number of amides is 1. The predicted molar refractivity (Wildman–Crippen MR) is 84.1 cm³/mol. The molecule has 0 aliphatic heterocycles. The zero-order valence-electron chi connectivity index (χ0n) is 11.8. The molecule has 0 radical (unpaired) electrons. The molecule has 106 valence electrons. The second-order valence-electron chi connectivity index (χ2n) is 4.55. The van der Waals surface area contributed by atoms with Crippen LogP contribution in [0.3, 0.4) is 0 Å². The Kier molecular flexibility index (Phi) is 5.24. The van der Waals surface area contributed by atoms with Gasteiger partial charge in [-0.25, -0.2) is 0 Å². The molecule has 0 atom stereocenters. The van der Waals surface area contributed by atoms with Crippen LogP contribution < -0.4 is 4.90 Å². The molecule has 1 aromatic heterocycles. The van der Waals surface area contributed by atoms with Crippen LogP contribution in [0.4, 0.5) is 5.82 Å². The van der Waals surface area contributed by atoms with Crippen LogP contribution in [0.25, 0.3) is 0 Å². The van der Waals surface area contributed by atoms with Gasteiger partial charge in [-0.3, -0.25) is 14.4 Å². The van der Waals surface area contributed by atoms with E-state index in [1.165, 1.54) is 5.56 Å². The van der Waals surface area contributed by atoms with E-state index < -0.39 is 0 Å². The summed E-state index contributed by atoms with van der Waals surface area (Å²) in [6.45, 7) is 0. The van der Waals surface area contributed by atoms with Crippen LogP contribution in [-0.2, 0) is 18.3 Å². The van der Waals surface area contributed by atoms with E-state index in [1.807, 2.05) is 31.3 Å². The number of anilines is 1. The summed E-state index contributed by atoms with van der Waals surface area (Å²) in [6, 6.07) is 12.2. The van der Waals surface area contributed by atoms with Crippen LogP contribution in [-0.4, -0.2) is 34.2 Å². The summed E-state index contributed by atoms with van der Waals surface area (Å²) >= 11 is 1.67. The average Bonchev–Trinajstić information content (AvgIpc) is 2.90. The fraction of sp³-hybridized carbons (Fsp3) is 0.333. The Morgan fingerprint density at radius 3 is 2.70 bits per heavy atom. The van der Waals surface area contributed by atoms with E-state index in [-0.39, 0.29) is 5.91 Å². The van der Waals surface area contributed by atoms with Crippen LogP contribution in [0.15, 0.2) is 42.6 Å². The van der Waals surface area contributed by atoms with Crippen molar-refractivity contribution in [2.45, 2.75) is 6.42 Å². The van der Waals surface area contributed by atoms with E-state index in [9.17, 15) is 4.79 Å². The lowest BCUT2D eigenvalue weighted by molar-refractivity contribution is -0.115. The first-order valence-corrected chi connectivity index (χ1v) is 7.70. The molecule has 0 spiro atoms. The summed E-state index contributed by atoms with van der Waals surface area (Å²) in [5.41, 5.74) is 1.31. The number of carbonyl (C=O) groups excluding carboxylic acids is 1. The molecule has 0 aliphatic carbocycles. The lowest BCUT2D eigenvalue weighted by atomic mass is 10.2. The number of nitrogens with zero attached hydrogens (tertiary/aromatic N) is 3. The molecule has 0 saturated carbocycles. The number of benzene rings is 1. The summed E-state index contributed by atoms with van der Waals surface area (Å²) in [7, 11) is 3.62. The van der Waals surface area contributed by atoms with E-state index >= 15 is 0 Å². The number of aryl methyl sites for hydroxylation is 2. The van der Waals surface area contributed by atoms with Crippen molar-refractivity contribution < 1.29 is 4.79 Å². The van der Waals surface area contributed by atoms with E-state index in [1.54, 1.807) is 34.6 Å². The van der Waals surface area contributed by atoms with Gasteiger partial charge in [0.2, 0.25) is 5.91 Å². The first kappa shape index (κ1) is 14.7. The number of hydrogen-bond donors (Lipinski definition) is 0. The molecule has 1 heterocycles. The molecule has 0 N–H and O–H groups in total. The zero-order chi connectivity index (χ0) is 14.4. The van der Waals surface area contributed by atoms with Crippen molar-refractivity contribution in [3.63, 3.8) is 0 Å². The zero-order valence-corrected chi connectivity index (χ0v) is 12.6. The number of rotatable bonds is 6. The van der Waals surface area contributed by atoms with Gasteiger partial charge < -0.3 is 0 Å². The third-order valence-corrected chi connectivity index (χ3v) is 4.06. The minimum Gasteiger partial charge on any atom is -0.299 e. The number of thioether (sulfide) groups is 1. The monoisotopic (exact) mass is 289 g/mol. The van der Waals surface area contributed by atoms with Gasteiger partial charge in [0.1, 0.15) is 5.82 Å². The molecule has 0 fully saturated rings. The van der Waals surface area contributed by atoms with Crippen molar-refractivity contribution in [1.29, 1.82) is 0 Å². The van der Waals surface area contributed by atoms with Crippen LogP contribution in [0.2, 0.25) is 0 Å². The van der Waals surface area contributed by atoms with Crippen molar-refractivity contribution in [3.8, 4) is 0 Å². The highest BCUT2D eigenvalue weighted by Crippen LogP contribution is 2.13. The highest BCUT2D eigenvalue weighted by atomic mass is 32.2. The summed E-state index contributed by atoms with van der Waals surface area (Å²) in [5.74, 6) is 2.37. The van der Waals surface area contributed by atoms with E-state index in [0.29, 0.717) is 5.75 Å². The second-order valence-corrected chi connectivity index (χ2v) is 5.66. The van der Waals surface area contributed by atoms with Crippen LogP contribution in [0.5, 0.6) is 0 Å². The lowest BCUT2D eigenvalue weighted by Gasteiger charge is -2.16. The predicted octanol–water partition coefficient (Wildman–Crippen LogP) is 2.36. The molecule has 20 heavy (non-hydrogen) atoms. The minimum absolute atomic E-state index is 0.103. The number of aromatic nitrogens is 2. The van der Waals surface area contributed by atoms with Crippen molar-refractivity contribution in [1.82, 2.24) is 9.78 Å². The van der Waals surface area contributed by atoms with Gasteiger partial charge in [-0.05, 0) is 17.7 Å². The third-order valence-electron chi connectivity index (χ3n) is 3.12. The van der Waals surface area contributed by atoms with Crippen LogP contribution in [0.1, 0.15) is 5.56 Å². The summed E-state index contributed by atoms with van der Waals surface area (Å²) in [6.07, 6.45) is 2.69. The molecular formula is C15H19N3OS. The Labute approximate surface area is 123 Å². The summed E-state index contributed by atoms with van der Waals surface area (Å²) in [4.78, 5) is 13.7. The van der Waals surface area contributed by atoms with Gasteiger partial charge in [0, 0.05) is 20.2 Å². The molecule has 2 aromatic rings. The smallest absolute Gasteiger partial charge is 0.237 e. The number of hydrogen-bond acceptors (Lipinski definition) is 3. The molecule has 0 saturated heterocycles. The SMILES string of the molecule is CN(C(=O)CSCCc1ccccc1)c1ccnn1C. The molecule has 5 heteroatoms. The summed E-state index contributed by atoms with van der Waals surface area (Å²) < 4.78 is 1.70. The molecular weight excluding hydrogens is 270 g/mol. The topological polar surface area (TPSA) is 38.1 Å². The quantitative estimate of drug-likeness (QED) is 0.766. The molecule has 1 amide bonds. The van der Waals surface area contributed by atoms with Crippen molar-refractivity contribution in [2.75, 3.05) is 23.5 Å². The largest absolute Gasteiger partial charge is 0.299 e. The van der Waals surface area contributed by atoms with Crippen LogP contribution >= 0.6 is 11.8 Å². The fourth-order valence-corrected chi connectivity index (χ4v) is 2.81. The average molecular weight is 289 g/mol. The Hall–Kier alpha value is -1.75. The maximum atomic E-state index is 12.1. The lowest BCUT2D eigenvalue weighted by Crippen LogP contribution is -2.29. The first-order chi connectivity index (χ1) is 9.68. The molecule has 0 aliphatic rings. The maximum Gasteiger partial charge on any atom is 0.237 e. The highest BCUT2D eigenvalue weighted by molar-refractivity contribution is 7.99. The fourth-order valence-electron chi connectivity index (χ4n) is 1.91. The Morgan fingerprint density at radius 2 is 2.05 bits per heavy atom. The Balaban J connectivity index is 1.74. The standard InChI is InChI=1S/C15H19N3OS/c1-17(14-8-10-16-18(14)2)15(19)12-20-11-9-13-6-4-3-5-7-13/h3-8,10H,9,11-12H2,1-2H3. The van der Waals surface area contributed by atoms with Gasteiger partial charge in [-0.15, -0.1) is 0 Å². The molecule has 4 nitrogen and oxygen atoms in total. The van der Waals surface area contributed by atoms with E-state index in [2.05, 4.69) is 17.2 Å². The summed E-state index contributed by atoms with van der Waals surface area (Å²) in [5, 5.41) is 4.07. The van der Waals surface area contributed by atoms with Gasteiger partial charge in [-0.1, -0.05) is 30.3 Å². The van der Waals surface area contributed by atoms with Gasteiger partial charge in [0.05, 0.1) is 11.9 Å². The normalized spacial score (nSPS) is 10.5. The Bertz CT molecular complexity index is 553. The van der Waals surface area contributed by atoms with Crippen molar-refractivity contribution >= 4 is 23.5 Å². The molecule has 0 unspecified atom stereocenters. The molecule has 1 aromatic carbocycles. The van der Waals surface area contributed by atoms with Crippen LogP contribution in [0, 0.1) is 0 Å². The second kappa shape index (κ2) is 7.14. The number of carbonyl (C=O) groups is 1. The van der Waals surface area contributed by atoms with E-state index in [4.69, 9.17) is 0 Å². The minimum atomic E-state index is 0.103. The van der Waals surface area contributed by atoms with Gasteiger partial charge in [0.25, 0.3) is 0 Å². The molecule has 2 rings (SSSR count). The van der Waals surface area contributed by atoms with Crippen molar-refractivity contribution in [3.05, 3.63) is 48.2 Å². The molecule has 0 bridgehead atoms. The van der Waals surface area contributed by atoms with Gasteiger partial charge >= 0.3 is 0 Å². The van der Waals surface area contributed by atoms with Gasteiger partial charge in [0.15, 0.2) is 0 Å². The Morgan fingerprint density at radius 1 is 1.30 bits per heavy atom. The van der Waals surface area contributed by atoms with Gasteiger partial charge in [-0.2, -0.15) is 16.9 Å². The first-order valence-electron chi connectivity index (χ1n) is 6.54.